The molecule has 6 nitrogen and oxygen atoms in total. The van der Waals surface area contributed by atoms with Crippen LogP contribution >= 0.6 is 0 Å². The Morgan fingerprint density at radius 3 is 2.42 bits per heavy atom. The molecule has 0 aliphatic rings. The van der Waals surface area contributed by atoms with E-state index in [4.69, 9.17) is 9.47 Å². The summed E-state index contributed by atoms with van der Waals surface area (Å²) in [5.74, 6) is -0.566. The maximum absolute atomic E-state index is 13.2. The van der Waals surface area contributed by atoms with Crippen LogP contribution in [0.3, 0.4) is 0 Å². The number of para-hydroxylation sites is 1. The third-order valence-corrected chi connectivity index (χ3v) is 4.93. The van der Waals surface area contributed by atoms with Gasteiger partial charge in [-0.15, -0.1) is 0 Å². The highest BCUT2D eigenvalue weighted by Gasteiger charge is 2.27. The summed E-state index contributed by atoms with van der Waals surface area (Å²) in [7, 11) is 1.53. The van der Waals surface area contributed by atoms with Crippen LogP contribution < -0.4 is 10.1 Å². The minimum Gasteiger partial charge on any atom is -0.495 e. The second kappa shape index (κ2) is 8.75. The zero-order chi connectivity index (χ0) is 21.8. The van der Waals surface area contributed by atoms with Gasteiger partial charge in [-0.25, -0.2) is 4.79 Å². The van der Waals surface area contributed by atoms with Gasteiger partial charge in [0.05, 0.1) is 12.8 Å². The van der Waals surface area contributed by atoms with Gasteiger partial charge in [-0.2, -0.15) is 0 Å². The summed E-state index contributed by atoms with van der Waals surface area (Å²) in [6, 6.07) is 23.6. The van der Waals surface area contributed by atoms with Gasteiger partial charge in [0.2, 0.25) is 6.10 Å². The van der Waals surface area contributed by atoms with Gasteiger partial charge in [-0.05, 0) is 36.8 Å². The van der Waals surface area contributed by atoms with Crippen molar-refractivity contribution in [3.63, 3.8) is 0 Å². The second-order valence-corrected chi connectivity index (χ2v) is 7.16. The van der Waals surface area contributed by atoms with Crippen LogP contribution in [0.4, 0.5) is 5.69 Å². The van der Waals surface area contributed by atoms with Crippen molar-refractivity contribution in [2.24, 2.45) is 0 Å². The lowest BCUT2D eigenvalue weighted by Crippen LogP contribution is -2.26. The molecule has 1 atom stereocenters. The Labute approximate surface area is 179 Å². The zero-order valence-corrected chi connectivity index (χ0v) is 17.2. The molecule has 0 radical (unpaired) electrons. The van der Waals surface area contributed by atoms with Crippen LogP contribution in [0.15, 0.2) is 78.9 Å². The van der Waals surface area contributed by atoms with E-state index in [0.717, 1.165) is 16.5 Å². The first-order valence-corrected chi connectivity index (χ1v) is 9.84. The molecule has 0 unspecified atom stereocenters. The van der Waals surface area contributed by atoms with E-state index in [-0.39, 0.29) is 5.69 Å². The highest BCUT2D eigenvalue weighted by Crippen LogP contribution is 2.28. The van der Waals surface area contributed by atoms with Crippen LogP contribution in [0.5, 0.6) is 5.75 Å². The number of carbonyl (C=O) groups is 2. The largest absolute Gasteiger partial charge is 0.495 e. The number of fused-ring (bicyclic) bond motifs is 1. The number of hydrogen-bond acceptors (Lipinski definition) is 4. The highest BCUT2D eigenvalue weighted by molar-refractivity contribution is 6.00. The summed E-state index contributed by atoms with van der Waals surface area (Å²) < 4.78 is 11.0. The van der Waals surface area contributed by atoms with Crippen molar-refractivity contribution in [3.05, 3.63) is 95.7 Å². The molecule has 0 aliphatic carbocycles. The number of nitrogens with one attached hydrogen (secondary N) is 2. The number of H-pyrrole nitrogens is 1. The van der Waals surface area contributed by atoms with Gasteiger partial charge in [0.1, 0.15) is 11.4 Å². The van der Waals surface area contributed by atoms with Crippen LogP contribution in [-0.4, -0.2) is 24.0 Å². The van der Waals surface area contributed by atoms with E-state index in [1.807, 2.05) is 43.3 Å². The molecule has 4 aromatic rings. The molecule has 0 spiro atoms. The van der Waals surface area contributed by atoms with Gasteiger partial charge in [-0.3, -0.25) is 4.79 Å². The third kappa shape index (κ3) is 4.43. The summed E-state index contributed by atoms with van der Waals surface area (Å²) in [4.78, 5) is 29.1. The average molecular weight is 414 g/mol. The molecule has 156 valence electrons. The Hall–Kier alpha value is -4.06. The van der Waals surface area contributed by atoms with Crippen LogP contribution in [0.2, 0.25) is 0 Å². The fourth-order valence-corrected chi connectivity index (χ4v) is 3.37. The Balaban J connectivity index is 1.62. The number of carbonyl (C=O) groups excluding carboxylic acids is 2. The fraction of sp³-hybridized carbons (Fsp3) is 0.120. The van der Waals surface area contributed by atoms with E-state index in [9.17, 15) is 9.59 Å². The Morgan fingerprint density at radius 2 is 1.68 bits per heavy atom. The van der Waals surface area contributed by atoms with Gasteiger partial charge in [0.25, 0.3) is 5.91 Å². The lowest BCUT2D eigenvalue weighted by atomic mass is 10.1. The molecule has 0 bridgehead atoms. The van der Waals surface area contributed by atoms with Crippen molar-refractivity contribution < 1.29 is 19.1 Å². The van der Waals surface area contributed by atoms with Gasteiger partial charge >= 0.3 is 5.97 Å². The lowest BCUT2D eigenvalue weighted by Gasteiger charge is -2.19. The molecular weight excluding hydrogens is 392 g/mol. The monoisotopic (exact) mass is 414 g/mol. The SMILES string of the molecule is COc1ccc(C)cc1NC(=O)[C@H](OC(=O)c1cc2ccccc2[nH]1)c1ccccc1. The Morgan fingerprint density at radius 1 is 0.935 bits per heavy atom. The van der Waals surface area contributed by atoms with Gasteiger partial charge in [-0.1, -0.05) is 54.6 Å². The average Bonchev–Trinajstić information content (AvgIpc) is 3.22. The topological polar surface area (TPSA) is 80.4 Å². The number of benzene rings is 3. The van der Waals surface area contributed by atoms with E-state index in [1.54, 1.807) is 42.5 Å². The van der Waals surface area contributed by atoms with Crippen LogP contribution in [-0.2, 0) is 9.53 Å². The predicted molar refractivity (Wildman–Crippen MR) is 119 cm³/mol. The normalized spacial score (nSPS) is 11.7. The summed E-state index contributed by atoms with van der Waals surface area (Å²) in [5.41, 5.74) is 3.14. The highest BCUT2D eigenvalue weighted by atomic mass is 16.5. The summed E-state index contributed by atoms with van der Waals surface area (Å²) in [6.07, 6.45) is -1.13. The van der Waals surface area contributed by atoms with E-state index in [2.05, 4.69) is 10.3 Å². The van der Waals surface area contributed by atoms with Gasteiger partial charge < -0.3 is 19.8 Å². The molecule has 1 amide bonds. The minimum absolute atomic E-state index is 0.281. The van der Waals surface area contributed by atoms with Crippen molar-refractivity contribution in [2.75, 3.05) is 12.4 Å². The second-order valence-electron chi connectivity index (χ2n) is 7.16. The summed E-state index contributed by atoms with van der Waals surface area (Å²) >= 11 is 0. The van der Waals surface area contributed by atoms with E-state index < -0.39 is 18.0 Å². The fourth-order valence-electron chi connectivity index (χ4n) is 3.37. The molecule has 1 heterocycles. The minimum atomic E-state index is -1.13. The molecule has 0 aliphatic heterocycles. The van der Waals surface area contributed by atoms with Crippen LogP contribution in [0.1, 0.15) is 27.7 Å². The summed E-state index contributed by atoms with van der Waals surface area (Å²) in [5, 5.41) is 3.72. The van der Waals surface area contributed by atoms with Crippen LogP contribution in [0.25, 0.3) is 10.9 Å². The first kappa shape index (κ1) is 20.2. The van der Waals surface area contributed by atoms with E-state index in [1.165, 1.54) is 7.11 Å². The molecule has 31 heavy (non-hydrogen) atoms. The molecule has 0 fully saturated rings. The number of aromatic nitrogens is 1. The van der Waals surface area contributed by atoms with Crippen molar-refractivity contribution in [1.82, 2.24) is 4.98 Å². The maximum atomic E-state index is 13.2. The van der Waals surface area contributed by atoms with Gasteiger partial charge in [0.15, 0.2) is 0 Å². The first-order valence-electron chi connectivity index (χ1n) is 9.84. The quantitative estimate of drug-likeness (QED) is 0.434. The van der Waals surface area contributed by atoms with Crippen molar-refractivity contribution in [3.8, 4) is 5.75 Å². The van der Waals surface area contributed by atoms with Crippen molar-refractivity contribution in [2.45, 2.75) is 13.0 Å². The maximum Gasteiger partial charge on any atom is 0.355 e. The van der Waals surface area contributed by atoms with E-state index in [0.29, 0.717) is 17.0 Å². The molecular formula is C25H22N2O4. The smallest absolute Gasteiger partial charge is 0.355 e. The van der Waals surface area contributed by atoms with Crippen molar-refractivity contribution in [1.29, 1.82) is 0 Å². The third-order valence-electron chi connectivity index (χ3n) is 4.93. The number of hydrogen-bond donors (Lipinski definition) is 2. The number of aryl methyl sites for hydroxylation is 1. The molecule has 3 aromatic carbocycles. The summed E-state index contributed by atoms with van der Waals surface area (Å²) in [6.45, 7) is 1.92. The molecule has 0 saturated heterocycles. The number of esters is 1. The molecule has 1 aromatic heterocycles. The predicted octanol–water partition coefficient (Wildman–Crippen LogP) is 5.02. The number of anilines is 1. The van der Waals surface area contributed by atoms with E-state index >= 15 is 0 Å². The number of aromatic amines is 1. The Bertz CT molecular complexity index is 1200. The molecule has 4 rings (SSSR count). The standard InChI is InChI=1S/C25H22N2O4/c1-16-12-13-22(30-2)20(14-16)27-24(28)23(17-8-4-3-5-9-17)31-25(29)21-15-18-10-6-7-11-19(18)26-21/h3-15,23,26H,1-2H3,(H,27,28)/t23-/m1/s1. The first-order chi connectivity index (χ1) is 15.0. The number of methoxy groups -OCH3 is 1. The molecule has 0 saturated carbocycles. The van der Waals surface area contributed by atoms with Crippen molar-refractivity contribution >= 4 is 28.5 Å². The Kier molecular flexibility index (Phi) is 5.71. The number of rotatable bonds is 6. The lowest BCUT2D eigenvalue weighted by molar-refractivity contribution is -0.125. The van der Waals surface area contributed by atoms with Crippen LogP contribution in [0, 0.1) is 6.92 Å². The number of amides is 1. The number of ether oxygens (including phenoxy) is 2. The zero-order valence-electron chi connectivity index (χ0n) is 17.2. The van der Waals surface area contributed by atoms with Gasteiger partial charge in [0, 0.05) is 16.5 Å². The molecule has 6 heteroatoms. The molecule has 2 N–H and O–H groups in total.